The normalized spacial score (nSPS) is 12.2. The molecule has 0 aliphatic rings. The molecule has 0 bridgehead atoms. The molecule has 5 nitrogen and oxygen atoms in total. The van der Waals surface area contributed by atoms with E-state index in [9.17, 15) is 8.42 Å². The first kappa shape index (κ1) is 18.2. The molecule has 122 valence electrons. The molecule has 0 aliphatic carbocycles. The molecule has 0 saturated carbocycles. The van der Waals surface area contributed by atoms with Gasteiger partial charge in [0.15, 0.2) is 0 Å². The maximum Gasteiger partial charge on any atom is 0.246 e. The highest BCUT2D eigenvalue weighted by molar-refractivity contribution is 7.89. The summed E-state index contributed by atoms with van der Waals surface area (Å²) in [5.74, 6) is 1.15. The Bertz CT molecular complexity index is 517. The summed E-state index contributed by atoms with van der Waals surface area (Å²) < 4.78 is 32.6. The van der Waals surface area contributed by atoms with Crippen LogP contribution in [0, 0.1) is 6.92 Å². The van der Waals surface area contributed by atoms with E-state index in [-0.39, 0.29) is 0 Å². The largest absolute Gasteiger partial charge is 0.464 e. The van der Waals surface area contributed by atoms with Crippen molar-refractivity contribution in [1.29, 1.82) is 0 Å². The summed E-state index contributed by atoms with van der Waals surface area (Å²) in [4.78, 5) is 0.303. The molecule has 1 aromatic rings. The van der Waals surface area contributed by atoms with Gasteiger partial charge in [0, 0.05) is 19.2 Å². The van der Waals surface area contributed by atoms with E-state index < -0.39 is 10.0 Å². The van der Waals surface area contributed by atoms with E-state index in [0.717, 1.165) is 25.8 Å². The lowest BCUT2D eigenvalue weighted by molar-refractivity contribution is 0.407. The van der Waals surface area contributed by atoms with Crippen molar-refractivity contribution in [2.45, 2.75) is 58.4 Å². The number of furan rings is 1. The summed E-state index contributed by atoms with van der Waals surface area (Å²) in [6, 6.07) is 1.66. The highest BCUT2D eigenvalue weighted by Gasteiger charge is 2.27. The Morgan fingerprint density at radius 1 is 1.14 bits per heavy atom. The standard InChI is InChI=1S/C15H28N2O3S/c1-5-8-16-12-14-11-15(13(4)20-14)21(18,19)17(9-6-2)10-7-3/h11,16H,5-10,12H2,1-4H3. The molecule has 0 saturated heterocycles. The minimum absolute atomic E-state index is 0.303. The highest BCUT2D eigenvalue weighted by Crippen LogP contribution is 2.24. The van der Waals surface area contributed by atoms with Crippen molar-refractivity contribution in [3.63, 3.8) is 0 Å². The van der Waals surface area contributed by atoms with Crippen LogP contribution in [0.25, 0.3) is 0 Å². The molecule has 0 amide bonds. The molecule has 6 heteroatoms. The molecule has 1 aromatic heterocycles. The summed E-state index contributed by atoms with van der Waals surface area (Å²) in [7, 11) is -3.45. The number of sulfonamides is 1. The molecule has 1 heterocycles. The Morgan fingerprint density at radius 2 is 1.76 bits per heavy atom. The predicted molar refractivity (Wildman–Crippen MR) is 84.8 cm³/mol. The Morgan fingerprint density at radius 3 is 2.29 bits per heavy atom. The van der Waals surface area contributed by atoms with Gasteiger partial charge in [0.25, 0.3) is 0 Å². The van der Waals surface area contributed by atoms with Crippen molar-refractivity contribution < 1.29 is 12.8 Å². The van der Waals surface area contributed by atoms with Crippen LogP contribution in [0.4, 0.5) is 0 Å². The third kappa shape index (κ3) is 4.83. The number of nitrogens with zero attached hydrogens (tertiary/aromatic N) is 1. The minimum Gasteiger partial charge on any atom is -0.464 e. The Hall–Kier alpha value is -0.850. The van der Waals surface area contributed by atoms with Crippen LogP contribution >= 0.6 is 0 Å². The molecule has 1 rings (SSSR count). The minimum atomic E-state index is -3.45. The Labute approximate surface area is 128 Å². The lowest BCUT2D eigenvalue weighted by Crippen LogP contribution is -2.32. The van der Waals surface area contributed by atoms with Crippen molar-refractivity contribution in [3.05, 3.63) is 17.6 Å². The number of nitrogens with one attached hydrogen (secondary N) is 1. The van der Waals surface area contributed by atoms with E-state index in [1.54, 1.807) is 17.3 Å². The number of rotatable bonds is 10. The lowest BCUT2D eigenvalue weighted by atomic mass is 10.4. The van der Waals surface area contributed by atoms with Crippen LogP contribution in [0.15, 0.2) is 15.4 Å². The predicted octanol–water partition coefficient (Wildman–Crippen LogP) is 2.90. The topological polar surface area (TPSA) is 62.6 Å². The van der Waals surface area contributed by atoms with Gasteiger partial charge in [-0.15, -0.1) is 0 Å². The average Bonchev–Trinajstić information content (AvgIpc) is 2.81. The third-order valence-corrected chi connectivity index (χ3v) is 5.22. The van der Waals surface area contributed by atoms with Crippen molar-refractivity contribution >= 4 is 10.0 Å². The molecule has 21 heavy (non-hydrogen) atoms. The van der Waals surface area contributed by atoms with Gasteiger partial charge in [-0.25, -0.2) is 8.42 Å². The summed E-state index contributed by atoms with van der Waals surface area (Å²) in [6.45, 7) is 10.3. The second-order valence-electron chi connectivity index (χ2n) is 5.21. The molecule has 0 aromatic carbocycles. The van der Waals surface area contributed by atoms with Crippen molar-refractivity contribution in [2.24, 2.45) is 0 Å². The average molecular weight is 316 g/mol. The molecule has 0 fully saturated rings. The molecule has 0 unspecified atom stereocenters. The van der Waals surface area contributed by atoms with Crippen LogP contribution in [-0.4, -0.2) is 32.4 Å². The summed E-state index contributed by atoms with van der Waals surface area (Å²) in [5, 5.41) is 3.22. The number of aryl methyl sites for hydroxylation is 1. The van der Waals surface area contributed by atoms with E-state index in [0.29, 0.717) is 36.1 Å². The first-order valence-corrected chi connectivity index (χ1v) is 9.21. The van der Waals surface area contributed by atoms with Gasteiger partial charge in [0.05, 0.1) is 6.54 Å². The SMILES string of the molecule is CCCNCc1cc(S(=O)(=O)N(CCC)CCC)c(C)o1. The molecule has 1 N–H and O–H groups in total. The van der Waals surface area contributed by atoms with E-state index in [1.165, 1.54) is 0 Å². The monoisotopic (exact) mass is 316 g/mol. The van der Waals surface area contributed by atoms with Gasteiger partial charge in [-0.05, 0) is 32.7 Å². The summed E-state index contributed by atoms with van der Waals surface area (Å²) in [6.07, 6.45) is 2.65. The van der Waals surface area contributed by atoms with E-state index in [4.69, 9.17) is 4.42 Å². The maximum absolute atomic E-state index is 12.7. The quantitative estimate of drug-likeness (QED) is 0.674. The fourth-order valence-electron chi connectivity index (χ4n) is 2.25. The van der Waals surface area contributed by atoms with Crippen LogP contribution in [0.3, 0.4) is 0 Å². The molecule has 0 spiro atoms. The first-order valence-electron chi connectivity index (χ1n) is 7.77. The lowest BCUT2D eigenvalue weighted by Gasteiger charge is -2.20. The van der Waals surface area contributed by atoms with Crippen LogP contribution in [0.5, 0.6) is 0 Å². The first-order chi connectivity index (χ1) is 9.97. The second kappa shape index (κ2) is 8.56. The molecule has 0 atom stereocenters. The number of hydrogen-bond acceptors (Lipinski definition) is 4. The van der Waals surface area contributed by atoms with Gasteiger partial charge in [0.2, 0.25) is 10.0 Å². The van der Waals surface area contributed by atoms with Gasteiger partial charge in [-0.1, -0.05) is 20.8 Å². The summed E-state index contributed by atoms with van der Waals surface area (Å²) in [5.41, 5.74) is 0. The van der Waals surface area contributed by atoms with Crippen LogP contribution in [-0.2, 0) is 16.6 Å². The fraction of sp³-hybridized carbons (Fsp3) is 0.733. The Kier molecular flexibility index (Phi) is 7.42. The maximum atomic E-state index is 12.7. The van der Waals surface area contributed by atoms with Crippen LogP contribution in [0.2, 0.25) is 0 Å². The second-order valence-corrected chi connectivity index (χ2v) is 7.12. The van der Waals surface area contributed by atoms with Crippen molar-refractivity contribution in [3.8, 4) is 0 Å². The zero-order chi connectivity index (χ0) is 15.9. The van der Waals surface area contributed by atoms with Gasteiger partial charge < -0.3 is 9.73 Å². The molecular weight excluding hydrogens is 288 g/mol. The van der Waals surface area contributed by atoms with Crippen LogP contribution in [0.1, 0.15) is 51.6 Å². The van der Waals surface area contributed by atoms with E-state index in [1.807, 2.05) is 13.8 Å². The zero-order valence-electron chi connectivity index (χ0n) is 13.6. The van der Waals surface area contributed by atoms with Crippen molar-refractivity contribution in [2.75, 3.05) is 19.6 Å². The molecule has 0 aliphatic heterocycles. The van der Waals surface area contributed by atoms with Gasteiger partial charge in [-0.2, -0.15) is 4.31 Å². The number of hydrogen-bond donors (Lipinski definition) is 1. The van der Waals surface area contributed by atoms with E-state index >= 15 is 0 Å². The van der Waals surface area contributed by atoms with Crippen LogP contribution < -0.4 is 5.32 Å². The Balaban J connectivity index is 2.96. The molecule has 0 radical (unpaired) electrons. The van der Waals surface area contributed by atoms with E-state index in [2.05, 4.69) is 12.2 Å². The fourth-order valence-corrected chi connectivity index (χ4v) is 4.06. The summed E-state index contributed by atoms with van der Waals surface area (Å²) >= 11 is 0. The smallest absolute Gasteiger partial charge is 0.246 e. The highest BCUT2D eigenvalue weighted by atomic mass is 32.2. The van der Waals surface area contributed by atoms with Gasteiger partial charge >= 0.3 is 0 Å². The molecular formula is C15H28N2O3S. The third-order valence-electron chi connectivity index (χ3n) is 3.21. The zero-order valence-corrected chi connectivity index (χ0v) is 14.4. The van der Waals surface area contributed by atoms with Crippen molar-refractivity contribution in [1.82, 2.24) is 9.62 Å². The van der Waals surface area contributed by atoms with Gasteiger partial charge in [0.1, 0.15) is 16.4 Å². The van der Waals surface area contributed by atoms with Gasteiger partial charge in [-0.3, -0.25) is 0 Å².